The van der Waals surface area contributed by atoms with Gasteiger partial charge in [-0.2, -0.15) is 5.10 Å². The van der Waals surface area contributed by atoms with Crippen molar-refractivity contribution < 1.29 is 0 Å². The number of hydrogen-bond acceptors (Lipinski definition) is 5. The Morgan fingerprint density at radius 3 is 3.00 bits per heavy atom. The summed E-state index contributed by atoms with van der Waals surface area (Å²) in [6, 6.07) is 8.21. The van der Waals surface area contributed by atoms with E-state index in [4.69, 9.17) is 0 Å². The number of rotatable bonds is 3. The summed E-state index contributed by atoms with van der Waals surface area (Å²) in [5.74, 6) is 1.62. The van der Waals surface area contributed by atoms with E-state index in [9.17, 15) is 0 Å². The molecule has 0 amide bonds. The van der Waals surface area contributed by atoms with Crippen molar-refractivity contribution in [2.45, 2.75) is 19.4 Å². The molecule has 6 heteroatoms. The highest BCUT2D eigenvalue weighted by molar-refractivity contribution is 5.89. The molecule has 4 rings (SSSR count). The third-order valence-electron chi connectivity index (χ3n) is 4.25. The second-order valence-corrected chi connectivity index (χ2v) is 5.79. The van der Waals surface area contributed by atoms with Crippen LogP contribution in [-0.4, -0.2) is 37.8 Å². The number of anilines is 1. The average Bonchev–Trinajstić information content (AvgIpc) is 3.07. The number of piperidine rings is 1. The summed E-state index contributed by atoms with van der Waals surface area (Å²) >= 11 is 0. The minimum absolute atomic E-state index is 0.573. The SMILES string of the molecule is c1ccc2c(N3CCC[C@@H](Cn4cncn4)C3)ncnc2c1. The fourth-order valence-corrected chi connectivity index (χ4v) is 3.24. The number of para-hydroxylation sites is 1. The second kappa shape index (κ2) is 5.71. The van der Waals surface area contributed by atoms with Gasteiger partial charge in [0.25, 0.3) is 0 Å². The van der Waals surface area contributed by atoms with Crippen molar-refractivity contribution in [2.75, 3.05) is 18.0 Å². The second-order valence-electron chi connectivity index (χ2n) is 5.79. The number of benzene rings is 1. The lowest BCUT2D eigenvalue weighted by molar-refractivity contribution is 0.350. The average molecular weight is 294 g/mol. The van der Waals surface area contributed by atoms with Gasteiger partial charge in [-0.25, -0.2) is 15.0 Å². The first-order valence-corrected chi connectivity index (χ1v) is 7.67. The molecule has 0 bridgehead atoms. The van der Waals surface area contributed by atoms with Crippen LogP contribution in [0, 0.1) is 5.92 Å². The molecule has 0 unspecified atom stereocenters. The Morgan fingerprint density at radius 1 is 1.14 bits per heavy atom. The van der Waals surface area contributed by atoms with Crippen molar-refractivity contribution in [1.29, 1.82) is 0 Å². The van der Waals surface area contributed by atoms with E-state index in [0.29, 0.717) is 5.92 Å². The standard InChI is InChI=1S/C16H18N6/c1-2-6-15-14(5-1)16(19-11-18-15)21-7-3-4-13(8-21)9-22-12-17-10-20-22/h1-2,5-6,10-13H,3-4,7-9H2/t13-/m1/s1. The van der Waals surface area contributed by atoms with Crippen molar-refractivity contribution in [3.8, 4) is 0 Å². The maximum Gasteiger partial charge on any atom is 0.139 e. The number of hydrogen-bond donors (Lipinski definition) is 0. The molecular weight excluding hydrogens is 276 g/mol. The van der Waals surface area contributed by atoms with E-state index in [2.05, 4.69) is 31.0 Å². The van der Waals surface area contributed by atoms with Crippen LogP contribution >= 0.6 is 0 Å². The van der Waals surface area contributed by atoms with Gasteiger partial charge < -0.3 is 4.90 Å². The molecule has 6 nitrogen and oxygen atoms in total. The Morgan fingerprint density at radius 2 is 2.09 bits per heavy atom. The van der Waals surface area contributed by atoms with Gasteiger partial charge in [0.15, 0.2) is 0 Å². The van der Waals surface area contributed by atoms with Gasteiger partial charge in [0.05, 0.1) is 5.52 Å². The van der Waals surface area contributed by atoms with E-state index in [-0.39, 0.29) is 0 Å². The highest BCUT2D eigenvalue weighted by Gasteiger charge is 2.22. The van der Waals surface area contributed by atoms with Crippen LogP contribution in [0.2, 0.25) is 0 Å². The van der Waals surface area contributed by atoms with Gasteiger partial charge in [0, 0.05) is 25.0 Å². The zero-order chi connectivity index (χ0) is 14.8. The van der Waals surface area contributed by atoms with E-state index in [1.807, 2.05) is 22.9 Å². The molecule has 2 aromatic heterocycles. The zero-order valence-corrected chi connectivity index (χ0v) is 12.3. The van der Waals surface area contributed by atoms with Crippen LogP contribution in [0.4, 0.5) is 5.82 Å². The summed E-state index contributed by atoms with van der Waals surface area (Å²) in [7, 11) is 0. The van der Waals surface area contributed by atoms with Crippen molar-refractivity contribution in [3.63, 3.8) is 0 Å². The van der Waals surface area contributed by atoms with Gasteiger partial charge in [-0.1, -0.05) is 12.1 Å². The van der Waals surface area contributed by atoms with Crippen molar-refractivity contribution in [2.24, 2.45) is 5.92 Å². The third-order valence-corrected chi connectivity index (χ3v) is 4.25. The quantitative estimate of drug-likeness (QED) is 0.740. The lowest BCUT2D eigenvalue weighted by atomic mass is 9.98. The molecule has 22 heavy (non-hydrogen) atoms. The fourth-order valence-electron chi connectivity index (χ4n) is 3.24. The van der Waals surface area contributed by atoms with Crippen LogP contribution in [0.15, 0.2) is 43.2 Å². The summed E-state index contributed by atoms with van der Waals surface area (Å²) in [6.45, 7) is 2.97. The number of aromatic nitrogens is 5. The Bertz CT molecular complexity index is 749. The molecule has 1 aliphatic rings. The van der Waals surface area contributed by atoms with Crippen LogP contribution in [0.1, 0.15) is 12.8 Å². The van der Waals surface area contributed by atoms with E-state index in [0.717, 1.165) is 36.4 Å². The van der Waals surface area contributed by atoms with Gasteiger partial charge in [-0.3, -0.25) is 4.68 Å². The summed E-state index contributed by atoms with van der Waals surface area (Å²) in [4.78, 5) is 15.3. The lowest BCUT2D eigenvalue weighted by Crippen LogP contribution is -2.37. The zero-order valence-electron chi connectivity index (χ0n) is 12.3. The number of fused-ring (bicyclic) bond motifs is 1. The molecule has 3 heterocycles. The maximum atomic E-state index is 4.54. The summed E-state index contributed by atoms with van der Waals surface area (Å²) in [5, 5.41) is 5.35. The molecule has 1 aliphatic heterocycles. The smallest absolute Gasteiger partial charge is 0.139 e. The summed E-state index contributed by atoms with van der Waals surface area (Å²) in [6.07, 6.45) is 7.45. The van der Waals surface area contributed by atoms with Crippen LogP contribution in [0.5, 0.6) is 0 Å². The molecule has 0 spiro atoms. The van der Waals surface area contributed by atoms with Crippen molar-refractivity contribution >= 4 is 16.7 Å². The molecular formula is C16H18N6. The molecule has 0 saturated carbocycles. The predicted octanol–water partition coefficient (Wildman–Crippen LogP) is 2.14. The summed E-state index contributed by atoms with van der Waals surface area (Å²) in [5.41, 5.74) is 1.01. The Balaban J connectivity index is 1.58. The van der Waals surface area contributed by atoms with E-state index < -0.39 is 0 Å². The van der Waals surface area contributed by atoms with E-state index >= 15 is 0 Å². The number of nitrogens with zero attached hydrogens (tertiary/aromatic N) is 6. The highest BCUT2D eigenvalue weighted by Crippen LogP contribution is 2.27. The minimum atomic E-state index is 0.573. The summed E-state index contributed by atoms with van der Waals surface area (Å²) < 4.78 is 1.92. The first-order chi connectivity index (χ1) is 10.9. The molecule has 1 atom stereocenters. The van der Waals surface area contributed by atoms with Crippen LogP contribution in [0.25, 0.3) is 10.9 Å². The first-order valence-electron chi connectivity index (χ1n) is 7.67. The van der Waals surface area contributed by atoms with Gasteiger partial charge in [-0.05, 0) is 30.9 Å². The Labute approximate surface area is 128 Å². The van der Waals surface area contributed by atoms with E-state index in [1.54, 1.807) is 19.0 Å². The predicted molar refractivity (Wildman–Crippen MR) is 84.5 cm³/mol. The molecule has 0 radical (unpaired) electrons. The first kappa shape index (κ1) is 13.2. The topological polar surface area (TPSA) is 59.7 Å². The van der Waals surface area contributed by atoms with Gasteiger partial charge in [-0.15, -0.1) is 0 Å². The van der Waals surface area contributed by atoms with Gasteiger partial charge in [0.1, 0.15) is 24.8 Å². The molecule has 1 saturated heterocycles. The molecule has 0 N–H and O–H groups in total. The molecule has 112 valence electrons. The maximum absolute atomic E-state index is 4.54. The molecule has 3 aromatic rings. The molecule has 1 aromatic carbocycles. The lowest BCUT2D eigenvalue weighted by Gasteiger charge is -2.34. The van der Waals surface area contributed by atoms with Gasteiger partial charge >= 0.3 is 0 Å². The van der Waals surface area contributed by atoms with Crippen molar-refractivity contribution in [1.82, 2.24) is 24.7 Å². The molecule has 0 aliphatic carbocycles. The van der Waals surface area contributed by atoms with E-state index in [1.165, 1.54) is 12.8 Å². The Hall–Kier alpha value is -2.50. The monoisotopic (exact) mass is 294 g/mol. The van der Waals surface area contributed by atoms with Crippen molar-refractivity contribution in [3.05, 3.63) is 43.2 Å². The Kier molecular flexibility index (Phi) is 3.42. The third kappa shape index (κ3) is 2.52. The minimum Gasteiger partial charge on any atom is -0.356 e. The van der Waals surface area contributed by atoms with Crippen LogP contribution in [0.3, 0.4) is 0 Å². The molecule has 1 fully saturated rings. The van der Waals surface area contributed by atoms with Crippen LogP contribution in [-0.2, 0) is 6.54 Å². The largest absolute Gasteiger partial charge is 0.356 e. The van der Waals surface area contributed by atoms with Crippen LogP contribution < -0.4 is 4.90 Å². The fraction of sp³-hybridized carbons (Fsp3) is 0.375. The highest BCUT2D eigenvalue weighted by atomic mass is 15.3. The normalized spacial score (nSPS) is 18.7. The van der Waals surface area contributed by atoms with Gasteiger partial charge in [0.2, 0.25) is 0 Å².